The lowest BCUT2D eigenvalue weighted by molar-refractivity contribution is -0.113. The summed E-state index contributed by atoms with van der Waals surface area (Å²) in [5.41, 5.74) is 2.64. The van der Waals surface area contributed by atoms with Crippen molar-refractivity contribution in [1.82, 2.24) is 9.55 Å². The summed E-state index contributed by atoms with van der Waals surface area (Å²) in [6, 6.07) is 9.66. The van der Waals surface area contributed by atoms with Gasteiger partial charge in [0.2, 0.25) is 5.91 Å². The average molecular weight is 402 g/mol. The van der Waals surface area contributed by atoms with E-state index in [9.17, 15) is 9.59 Å². The summed E-state index contributed by atoms with van der Waals surface area (Å²) in [5, 5.41) is 5.46. The van der Waals surface area contributed by atoms with Crippen LogP contribution in [0.1, 0.15) is 32.3 Å². The fourth-order valence-electron chi connectivity index (χ4n) is 2.81. The summed E-state index contributed by atoms with van der Waals surface area (Å²) in [6.07, 6.45) is 2.76. The molecule has 0 saturated carbocycles. The molecule has 0 saturated heterocycles. The van der Waals surface area contributed by atoms with Crippen molar-refractivity contribution in [3.05, 3.63) is 51.6 Å². The molecule has 0 aliphatic heterocycles. The molecule has 1 aromatic carbocycles. The number of fused-ring (bicyclic) bond motifs is 1. The number of aryl methyl sites for hydroxylation is 1. The molecule has 1 N–H and O–H groups in total. The highest BCUT2D eigenvalue weighted by Crippen LogP contribution is 2.22. The number of hydrogen-bond acceptors (Lipinski definition) is 5. The summed E-state index contributed by atoms with van der Waals surface area (Å²) in [4.78, 5) is 29.8. The SMILES string of the molecule is CCCCn1c(SCC(=O)Nc2ccccc2CC)nc2ccsc2c1=O. The number of thioether (sulfide) groups is 1. The van der Waals surface area contributed by atoms with Crippen molar-refractivity contribution >= 4 is 44.9 Å². The van der Waals surface area contributed by atoms with Crippen LogP contribution in [-0.2, 0) is 17.8 Å². The summed E-state index contributed by atoms with van der Waals surface area (Å²) in [7, 11) is 0. The van der Waals surface area contributed by atoms with Gasteiger partial charge in [-0.15, -0.1) is 11.3 Å². The highest BCUT2D eigenvalue weighted by atomic mass is 32.2. The Morgan fingerprint density at radius 2 is 2.07 bits per heavy atom. The molecule has 5 nitrogen and oxygen atoms in total. The summed E-state index contributed by atoms with van der Waals surface area (Å²) < 4.78 is 2.39. The molecule has 0 radical (unpaired) electrons. The molecule has 0 unspecified atom stereocenters. The number of hydrogen-bond donors (Lipinski definition) is 1. The Labute approximate surface area is 166 Å². The van der Waals surface area contributed by atoms with E-state index in [0.717, 1.165) is 30.5 Å². The number of carbonyl (C=O) groups excluding carboxylic acids is 1. The smallest absolute Gasteiger partial charge is 0.272 e. The van der Waals surface area contributed by atoms with Crippen molar-refractivity contribution < 1.29 is 4.79 Å². The second-order valence-corrected chi connectivity index (χ2v) is 8.05. The molecule has 3 rings (SSSR count). The van der Waals surface area contributed by atoms with Gasteiger partial charge in [0.05, 0.1) is 11.3 Å². The number of thiophene rings is 1. The Kier molecular flexibility index (Phi) is 6.68. The third-order valence-corrected chi connectivity index (χ3v) is 6.14. The van der Waals surface area contributed by atoms with Gasteiger partial charge in [-0.3, -0.25) is 14.2 Å². The first-order valence-electron chi connectivity index (χ1n) is 9.12. The Bertz CT molecular complexity index is 994. The van der Waals surface area contributed by atoms with Gasteiger partial charge in [-0.25, -0.2) is 4.98 Å². The topological polar surface area (TPSA) is 64.0 Å². The molecule has 1 amide bonds. The van der Waals surface area contributed by atoms with Crippen molar-refractivity contribution in [1.29, 1.82) is 0 Å². The van der Waals surface area contributed by atoms with Crippen LogP contribution in [-0.4, -0.2) is 21.2 Å². The van der Waals surface area contributed by atoms with E-state index in [-0.39, 0.29) is 17.2 Å². The van der Waals surface area contributed by atoms with Crippen LogP contribution < -0.4 is 10.9 Å². The van der Waals surface area contributed by atoms with Gasteiger partial charge < -0.3 is 5.32 Å². The highest BCUT2D eigenvalue weighted by Gasteiger charge is 2.14. The number of amides is 1. The molecule has 3 aromatic rings. The molecule has 2 heterocycles. The van der Waals surface area contributed by atoms with E-state index in [1.165, 1.54) is 23.1 Å². The first-order valence-corrected chi connectivity index (χ1v) is 11.0. The molecule has 0 atom stereocenters. The highest BCUT2D eigenvalue weighted by molar-refractivity contribution is 7.99. The van der Waals surface area contributed by atoms with Crippen molar-refractivity contribution in [2.75, 3.05) is 11.1 Å². The summed E-state index contributed by atoms with van der Waals surface area (Å²) >= 11 is 2.73. The van der Waals surface area contributed by atoms with E-state index >= 15 is 0 Å². The monoisotopic (exact) mass is 401 g/mol. The number of rotatable bonds is 8. The van der Waals surface area contributed by atoms with Gasteiger partial charge in [-0.05, 0) is 35.9 Å². The average Bonchev–Trinajstić information content (AvgIpc) is 3.15. The molecule has 0 fully saturated rings. The maximum atomic E-state index is 12.8. The largest absolute Gasteiger partial charge is 0.325 e. The zero-order valence-corrected chi connectivity index (χ0v) is 17.2. The summed E-state index contributed by atoms with van der Waals surface area (Å²) in [6.45, 7) is 4.78. The van der Waals surface area contributed by atoms with Gasteiger partial charge in [0, 0.05) is 12.2 Å². The number of aromatic nitrogens is 2. The second kappa shape index (κ2) is 9.19. The first kappa shape index (κ1) is 19.6. The van der Waals surface area contributed by atoms with Gasteiger partial charge in [0.1, 0.15) is 4.70 Å². The molecule has 0 spiro atoms. The number of nitrogens with one attached hydrogen (secondary N) is 1. The van der Waals surface area contributed by atoms with Crippen LogP contribution in [0.5, 0.6) is 0 Å². The summed E-state index contributed by atoms with van der Waals surface area (Å²) in [5.74, 6) is 0.120. The third-order valence-electron chi connectivity index (χ3n) is 4.27. The van der Waals surface area contributed by atoms with Crippen LogP contribution in [0.15, 0.2) is 45.7 Å². The van der Waals surface area contributed by atoms with Crippen molar-refractivity contribution in [2.24, 2.45) is 0 Å². The van der Waals surface area contributed by atoms with Crippen LogP contribution in [0.3, 0.4) is 0 Å². The second-order valence-electron chi connectivity index (χ2n) is 6.19. The van der Waals surface area contributed by atoms with E-state index in [1.807, 2.05) is 35.7 Å². The predicted octanol–water partition coefficient (Wildman–Crippen LogP) is 4.55. The first-order chi connectivity index (χ1) is 13.1. The van der Waals surface area contributed by atoms with Crippen LogP contribution >= 0.6 is 23.1 Å². The number of unbranched alkanes of at least 4 members (excludes halogenated alkanes) is 1. The molecular weight excluding hydrogens is 378 g/mol. The quantitative estimate of drug-likeness (QED) is 0.444. The van der Waals surface area contributed by atoms with E-state index < -0.39 is 0 Å². The molecule has 0 aliphatic carbocycles. The van der Waals surface area contributed by atoms with Crippen LogP contribution in [0.2, 0.25) is 0 Å². The molecule has 2 aromatic heterocycles. The van der Waals surface area contributed by atoms with Gasteiger partial charge in [-0.2, -0.15) is 0 Å². The number of nitrogens with zero attached hydrogens (tertiary/aromatic N) is 2. The van der Waals surface area contributed by atoms with E-state index in [2.05, 4.69) is 24.1 Å². The zero-order valence-electron chi connectivity index (χ0n) is 15.5. The van der Waals surface area contributed by atoms with Gasteiger partial charge in [0.25, 0.3) is 5.56 Å². The van der Waals surface area contributed by atoms with Crippen molar-refractivity contribution in [2.45, 2.75) is 44.8 Å². The lowest BCUT2D eigenvalue weighted by atomic mass is 10.1. The molecule has 142 valence electrons. The molecule has 7 heteroatoms. The molecule has 0 bridgehead atoms. The van der Waals surface area contributed by atoms with Crippen LogP contribution in [0.4, 0.5) is 5.69 Å². The Morgan fingerprint density at radius 3 is 2.85 bits per heavy atom. The molecule has 0 aliphatic rings. The number of carbonyl (C=O) groups is 1. The molecule has 27 heavy (non-hydrogen) atoms. The fourth-order valence-corrected chi connectivity index (χ4v) is 4.42. The van der Waals surface area contributed by atoms with Gasteiger partial charge in [0.15, 0.2) is 5.16 Å². The Hall–Kier alpha value is -2.12. The lowest BCUT2D eigenvalue weighted by Crippen LogP contribution is -2.23. The van der Waals surface area contributed by atoms with Gasteiger partial charge >= 0.3 is 0 Å². The number of benzene rings is 1. The zero-order chi connectivity index (χ0) is 19.2. The van der Waals surface area contributed by atoms with Crippen LogP contribution in [0, 0.1) is 0 Å². The van der Waals surface area contributed by atoms with Crippen molar-refractivity contribution in [3.8, 4) is 0 Å². The minimum Gasteiger partial charge on any atom is -0.325 e. The van der Waals surface area contributed by atoms with Crippen LogP contribution in [0.25, 0.3) is 10.2 Å². The fraction of sp³-hybridized carbons (Fsp3) is 0.350. The minimum absolute atomic E-state index is 0.0114. The van der Waals surface area contributed by atoms with E-state index in [1.54, 1.807) is 4.57 Å². The van der Waals surface area contributed by atoms with Gasteiger partial charge in [-0.1, -0.05) is 50.2 Å². The van der Waals surface area contributed by atoms with E-state index in [0.29, 0.717) is 21.9 Å². The minimum atomic E-state index is -0.0948. The third kappa shape index (κ3) is 4.59. The lowest BCUT2D eigenvalue weighted by Gasteiger charge is -2.12. The number of para-hydroxylation sites is 1. The standard InChI is InChI=1S/C20H23N3O2S2/c1-3-5-11-23-19(25)18-16(10-12-26-18)22-20(23)27-13-17(24)21-15-9-7-6-8-14(15)4-2/h6-10,12H,3-5,11,13H2,1-2H3,(H,21,24). The van der Waals surface area contributed by atoms with E-state index in [4.69, 9.17) is 0 Å². The maximum Gasteiger partial charge on any atom is 0.272 e. The molecular formula is C20H23N3O2S2. The predicted molar refractivity (Wildman–Crippen MR) is 114 cm³/mol. The Balaban J connectivity index is 1.77. The normalized spacial score (nSPS) is 11.0. The maximum absolute atomic E-state index is 12.8. The Morgan fingerprint density at radius 1 is 1.26 bits per heavy atom. The number of anilines is 1. The van der Waals surface area contributed by atoms with Crippen molar-refractivity contribution in [3.63, 3.8) is 0 Å².